The zero-order valence-electron chi connectivity index (χ0n) is 12.3. The number of nitrogens with zero attached hydrogens (tertiary/aromatic N) is 2. The Labute approximate surface area is 119 Å². The van der Waals surface area contributed by atoms with Crippen molar-refractivity contribution < 1.29 is 9.53 Å². The zero-order valence-corrected chi connectivity index (χ0v) is 12.3. The molecule has 0 saturated carbocycles. The Kier molecular flexibility index (Phi) is 5.14. The van der Waals surface area contributed by atoms with Gasteiger partial charge in [0.05, 0.1) is 12.3 Å². The van der Waals surface area contributed by atoms with Gasteiger partial charge in [0.1, 0.15) is 12.4 Å². The van der Waals surface area contributed by atoms with Crippen LogP contribution >= 0.6 is 0 Å². The summed E-state index contributed by atoms with van der Waals surface area (Å²) < 4.78 is 7.54. The fraction of sp³-hybridized carbons (Fsp3) is 0.714. The molecule has 0 spiro atoms. The maximum absolute atomic E-state index is 10.7. The molecule has 0 atom stereocenters. The number of nitrogens with two attached hydrogens (primary N) is 1. The number of fused-ring (bicyclic) bond motifs is 1. The topological polar surface area (TPSA) is 82.2 Å². The Morgan fingerprint density at radius 1 is 1.55 bits per heavy atom. The number of amides is 1. The molecule has 3 N–H and O–H groups in total. The molecule has 0 radical (unpaired) electrons. The Hall–Kier alpha value is -1.40. The summed E-state index contributed by atoms with van der Waals surface area (Å²) in [7, 11) is 0. The van der Waals surface area contributed by atoms with Crippen LogP contribution in [0.3, 0.4) is 0 Å². The van der Waals surface area contributed by atoms with Gasteiger partial charge in [0, 0.05) is 38.2 Å². The zero-order chi connectivity index (χ0) is 14.5. The van der Waals surface area contributed by atoms with Crippen molar-refractivity contribution in [3.8, 4) is 0 Å². The fourth-order valence-corrected chi connectivity index (χ4v) is 2.54. The van der Waals surface area contributed by atoms with E-state index in [0.717, 1.165) is 44.0 Å². The summed E-state index contributed by atoms with van der Waals surface area (Å²) in [6.07, 6.45) is 1.96. The summed E-state index contributed by atoms with van der Waals surface area (Å²) in [4.78, 5) is 15.4. The van der Waals surface area contributed by atoms with Gasteiger partial charge in [-0.2, -0.15) is 0 Å². The van der Waals surface area contributed by atoms with E-state index in [1.807, 2.05) is 0 Å². The molecule has 1 aromatic heterocycles. The molecule has 6 heteroatoms. The van der Waals surface area contributed by atoms with E-state index < -0.39 is 5.91 Å². The first-order valence-corrected chi connectivity index (χ1v) is 7.22. The number of hydrogen-bond acceptors (Lipinski definition) is 4. The summed E-state index contributed by atoms with van der Waals surface area (Å²) in [6.45, 7) is 7.43. The summed E-state index contributed by atoms with van der Waals surface area (Å²) >= 11 is 0. The van der Waals surface area contributed by atoms with Crippen LogP contribution in [0, 0.1) is 5.92 Å². The maximum Gasteiger partial charge on any atom is 0.243 e. The summed E-state index contributed by atoms with van der Waals surface area (Å²) in [5.41, 5.74) is 7.53. The van der Waals surface area contributed by atoms with Gasteiger partial charge in [-0.25, -0.2) is 4.98 Å². The largest absolute Gasteiger partial charge is 0.370 e. The molecule has 1 aromatic rings. The molecule has 0 aliphatic carbocycles. The molecule has 20 heavy (non-hydrogen) atoms. The van der Waals surface area contributed by atoms with Crippen molar-refractivity contribution in [3.63, 3.8) is 0 Å². The average Bonchev–Trinajstić information content (AvgIpc) is 2.71. The second-order valence-corrected chi connectivity index (χ2v) is 5.62. The quantitative estimate of drug-likeness (QED) is 0.700. The van der Waals surface area contributed by atoms with Crippen molar-refractivity contribution in [2.45, 2.75) is 39.8 Å². The van der Waals surface area contributed by atoms with Gasteiger partial charge < -0.3 is 20.4 Å². The highest BCUT2D eigenvalue weighted by Gasteiger charge is 2.19. The van der Waals surface area contributed by atoms with Crippen LogP contribution < -0.4 is 11.1 Å². The van der Waals surface area contributed by atoms with Crippen LogP contribution in [0.15, 0.2) is 0 Å². The van der Waals surface area contributed by atoms with Gasteiger partial charge in [0.25, 0.3) is 0 Å². The second kappa shape index (κ2) is 6.85. The number of carbonyl (C=O) groups excluding carboxylic acids is 1. The molecular formula is C14H24N4O2. The number of carbonyl (C=O) groups is 1. The number of ether oxygens (including phenoxy) is 1. The molecule has 2 rings (SSSR count). The average molecular weight is 280 g/mol. The molecule has 1 aliphatic rings. The number of primary amides is 1. The Balaban J connectivity index is 2.07. The first-order chi connectivity index (χ1) is 9.58. The Bertz CT molecular complexity index is 468. The van der Waals surface area contributed by atoms with E-state index in [4.69, 9.17) is 15.5 Å². The van der Waals surface area contributed by atoms with E-state index in [0.29, 0.717) is 12.5 Å². The van der Waals surface area contributed by atoms with Crippen LogP contribution in [0.5, 0.6) is 0 Å². The molecule has 0 fully saturated rings. The highest BCUT2D eigenvalue weighted by molar-refractivity contribution is 5.74. The first kappa shape index (κ1) is 15.0. The van der Waals surface area contributed by atoms with Crippen LogP contribution in [-0.2, 0) is 35.5 Å². The molecule has 6 nitrogen and oxygen atoms in total. The Morgan fingerprint density at radius 3 is 3.05 bits per heavy atom. The van der Waals surface area contributed by atoms with E-state index in [-0.39, 0.29) is 6.61 Å². The van der Waals surface area contributed by atoms with E-state index in [9.17, 15) is 4.79 Å². The van der Waals surface area contributed by atoms with E-state index in [1.54, 1.807) is 0 Å². The normalized spacial score (nSPS) is 14.6. The number of rotatable bonds is 7. The lowest BCUT2D eigenvalue weighted by atomic mass is 10.1. The minimum Gasteiger partial charge on any atom is -0.370 e. The molecule has 1 aliphatic heterocycles. The lowest BCUT2D eigenvalue weighted by molar-refractivity contribution is -0.122. The van der Waals surface area contributed by atoms with Gasteiger partial charge >= 0.3 is 0 Å². The molecule has 0 bridgehead atoms. The van der Waals surface area contributed by atoms with Gasteiger partial charge in [0.2, 0.25) is 5.91 Å². The maximum atomic E-state index is 10.7. The van der Waals surface area contributed by atoms with Crippen LogP contribution in [0.4, 0.5) is 0 Å². The van der Waals surface area contributed by atoms with Gasteiger partial charge in [-0.05, 0) is 5.92 Å². The third-order valence-electron chi connectivity index (χ3n) is 3.36. The summed E-state index contributed by atoms with van der Waals surface area (Å²) in [5.74, 6) is 1.26. The third-order valence-corrected chi connectivity index (χ3v) is 3.36. The fourth-order valence-electron chi connectivity index (χ4n) is 2.54. The van der Waals surface area contributed by atoms with E-state index in [1.165, 1.54) is 5.69 Å². The van der Waals surface area contributed by atoms with Crippen LogP contribution in [0.1, 0.15) is 31.1 Å². The van der Waals surface area contributed by atoms with Crippen molar-refractivity contribution in [2.24, 2.45) is 11.7 Å². The SMILES string of the molecule is CC(C)Cc1nc2c(n1CCOCC(N)=O)CCNC2. The van der Waals surface area contributed by atoms with Crippen molar-refractivity contribution >= 4 is 5.91 Å². The van der Waals surface area contributed by atoms with Gasteiger partial charge in [-0.15, -0.1) is 0 Å². The summed E-state index contributed by atoms with van der Waals surface area (Å²) in [6, 6.07) is 0. The van der Waals surface area contributed by atoms with Gasteiger partial charge in [-0.3, -0.25) is 4.79 Å². The third kappa shape index (κ3) is 3.80. The standard InChI is InChI=1S/C14H24N4O2/c1-10(2)7-14-17-11-8-16-4-3-12(11)18(14)5-6-20-9-13(15)19/h10,16H,3-9H2,1-2H3,(H2,15,19). The highest BCUT2D eigenvalue weighted by Crippen LogP contribution is 2.18. The molecule has 0 unspecified atom stereocenters. The van der Waals surface area contributed by atoms with Gasteiger partial charge in [-0.1, -0.05) is 13.8 Å². The molecule has 2 heterocycles. The molecular weight excluding hydrogens is 256 g/mol. The predicted octanol–water partition coefficient (Wildman–Crippen LogP) is 0.229. The predicted molar refractivity (Wildman–Crippen MR) is 76.2 cm³/mol. The number of imidazole rings is 1. The van der Waals surface area contributed by atoms with Crippen LogP contribution in [0.2, 0.25) is 0 Å². The van der Waals surface area contributed by atoms with Gasteiger partial charge in [0.15, 0.2) is 0 Å². The Morgan fingerprint density at radius 2 is 2.35 bits per heavy atom. The number of aromatic nitrogens is 2. The first-order valence-electron chi connectivity index (χ1n) is 7.22. The summed E-state index contributed by atoms with van der Waals surface area (Å²) in [5, 5.41) is 3.35. The number of nitrogens with one attached hydrogen (secondary N) is 1. The van der Waals surface area contributed by atoms with Crippen LogP contribution in [0.25, 0.3) is 0 Å². The molecule has 112 valence electrons. The minimum absolute atomic E-state index is 0.0159. The lowest BCUT2D eigenvalue weighted by Gasteiger charge is -2.16. The van der Waals surface area contributed by atoms with Crippen molar-refractivity contribution in [1.82, 2.24) is 14.9 Å². The lowest BCUT2D eigenvalue weighted by Crippen LogP contribution is -2.26. The van der Waals surface area contributed by atoms with E-state index in [2.05, 4.69) is 23.7 Å². The van der Waals surface area contributed by atoms with E-state index >= 15 is 0 Å². The highest BCUT2D eigenvalue weighted by atomic mass is 16.5. The second-order valence-electron chi connectivity index (χ2n) is 5.62. The van der Waals surface area contributed by atoms with Crippen LogP contribution in [-0.4, -0.2) is 35.2 Å². The number of hydrogen-bond donors (Lipinski definition) is 2. The van der Waals surface area contributed by atoms with Crippen molar-refractivity contribution in [2.75, 3.05) is 19.8 Å². The molecule has 0 saturated heterocycles. The minimum atomic E-state index is -0.427. The molecule has 1 amide bonds. The van der Waals surface area contributed by atoms with Crippen molar-refractivity contribution in [1.29, 1.82) is 0 Å². The monoisotopic (exact) mass is 280 g/mol. The smallest absolute Gasteiger partial charge is 0.243 e. The van der Waals surface area contributed by atoms with Crippen molar-refractivity contribution in [3.05, 3.63) is 17.2 Å². The molecule has 0 aromatic carbocycles.